The molecule has 0 spiro atoms. The van der Waals surface area contributed by atoms with Gasteiger partial charge in [0.25, 0.3) is 0 Å². The minimum Gasteiger partial charge on any atom is -0.341 e. The van der Waals surface area contributed by atoms with Gasteiger partial charge in [-0.15, -0.1) is 0 Å². The summed E-state index contributed by atoms with van der Waals surface area (Å²) >= 11 is 0. The molecule has 3 heteroatoms. The molecule has 1 aliphatic heterocycles. The molecule has 2 rings (SSSR count). The van der Waals surface area contributed by atoms with E-state index in [4.69, 9.17) is 0 Å². The molecular weight excluding hydrogens is 150 g/mol. The maximum Gasteiger partial charge on any atom is 0.225 e. The predicted molar refractivity (Wildman–Crippen MR) is 49.0 cm³/mol. The van der Waals surface area contributed by atoms with Crippen LogP contribution >= 0.6 is 0 Å². The summed E-state index contributed by atoms with van der Waals surface area (Å²) in [6.45, 7) is 5.83. The topological polar surface area (TPSA) is 29.0 Å². The third-order valence-corrected chi connectivity index (χ3v) is 2.03. The van der Waals surface area contributed by atoms with Gasteiger partial charge in [-0.1, -0.05) is 12.7 Å². The van der Waals surface area contributed by atoms with Crippen LogP contribution in [0.1, 0.15) is 12.0 Å². The molecule has 1 saturated heterocycles. The molecule has 1 aromatic rings. The van der Waals surface area contributed by atoms with Gasteiger partial charge in [-0.2, -0.15) is 0 Å². The molecule has 3 nitrogen and oxygen atoms in total. The standard InChI is InChI=1S/C9H11N3/c1-2-8-6-10-9(11-7-8)12-4-3-5-12/h2,6-7H,1,3-5H2. The van der Waals surface area contributed by atoms with E-state index in [1.807, 2.05) is 0 Å². The lowest BCUT2D eigenvalue weighted by Crippen LogP contribution is -2.38. The van der Waals surface area contributed by atoms with Crippen molar-refractivity contribution in [1.29, 1.82) is 0 Å². The third-order valence-electron chi connectivity index (χ3n) is 2.03. The number of anilines is 1. The Bertz CT molecular complexity index is 274. The molecule has 0 aromatic carbocycles. The summed E-state index contributed by atoms with van der Waals surface area (Å²) in [6, 6.07) is 0. The summed E-state index contributed by atoms with van der Waals surface area (Å²) < 4.78 is 0. The normalized spacial score (nSPS) is 15.5. The number of rotatable bonds is 2. The number of hydrogen-bond acceptors (Lipinski definition) is 3. The minimum atomic E-state index is 0.840. The molecule has 12 heavy (non-hydrogen) atoms. The van der Waals surface area contributed by atoms with Gasteiger partial charge in [0.1, 0.15) is 0 Å². The second-order valence-corrected chi connectivity index (χ2v) is 2.86. The van der Waals surface area contributed by atoms with Gasteiger partial charge < -0.3 is 4.90 Å². The van der Waals surface area contributed by atoms with E-state index in [1.54, 1.807) is 18.5 Å². The molecule has 0 bridgehead atoms. The molecule has 0 amide bonds. The van der Waals surface area contributed by atoms with E-state index in [1.165, 1.54) is 6.42 Å². The fraction of sp³-hybridized carbons (Fsp3) is 0.333. The highest BCUT2D eigenvalue weighted by Gasteiger charge is 2.15. The molecular formula is C9H11N3. The largest absolute Gasteiger partial charge is 0.341 e. The van der Waals surface area contributed by atoms with Gasteiger partial charge in [-0.3, -0.25) is 0 Å². The van der Waals surface area contributed by atoms with Gasteiger partial charge in [0.15, 0.2) is 0 Å². The molecule has 0 N–H and O–H groups in total. The second kappa shape index (κ2) is 2.93. The van der Waals surface area contributed by atoms with E-state index in [2.05, 4.69) is 21.4 Å². The Balaban J connectivity index is 2.18. The molecule has 0 aliphatic carbocycles. The van der Waals surface area contributed by atoms with Crippen molar-refractivity contribution < 1.29 is 0 Å². The molecule has 0 unspecified atom stereocenters. The lowest BCUT2D eigenvalue weighted by atomic mass is 10.2. The highest BCUT2D eigenvalue weighted by atomic mass is 15.3. The van der Waals surface area contributed by atoms with Crippen LogP contribution in [0.15, 0.2) is 19.0 Å². The van der Waals surface area contributed by atoms with Crippen molar-refractivity contribution in [2.45, 2.75) is 6.42 Å². The van der Waals surface area contributed by atoms with E-state index in [0.29, 0.717) is 0 Å². The van der Waals surface area contributed by atoms with Crippen molar-refractivity contribution >= 4 is 12.0 Å². The maximum atomic E-state index is 4.22. The van der Waals surface area contributed by atoms with Gasteiger partial charge in [0.2, 0.25) is 5.95 Å². The summed E-state index contributed by atoms with van der Waals surface area (Å²) in [5.41, 5.74) is 0.972. The van der Waals surface area contributed by atoms with Gasteiger partial charge in [0.05, 0.1) is 0 Å². The average Bonchev–Trinajstić information content (AvgIpc) is 2.03. The van der Waals surface area contributed by atoms with Crippen molar-refractivity contribution in [2.75, 3.05) is 18.0 Å². The minimum absolute atomic E-state index is 0.840. The second-order valence-electron chi connectivity index (χ2n) is 2.86. The van der Waals surface area contributed by atoms with Crippen LogP contribution < -0.4 is 4.90 Å². The highest BCUT2D eigenvalue weighted by Crippen LogP contribution is 2.14. The van der Waals surface area contributed by atoms with Crippen LogP contribution in [0.4, 0.5) is 5.95 Å². The zero-order valence-corrected chi connectivity index (χ0v) is 6.90. The highest BCUT2D eigenvalue weighted by molar-refractivity contribution is 5.45. The molecule has 1 fully saturated rings. The zero-order chi connectivity index (χ0) is 8.39. The van der Waals surface area contributed by atoms with Crippen LogP contribution in [0.3, 0.4) is 0 Å². The lowest BCUT2D eigenvalue weighted by molar-refractivity contribution is 0.600. The first-order chi connectivity index (χ1) is 5.90. The summed E-state index contributed by atoms with van der Waals surface area (Å²) in [4.78, 5) is 10.6. The van der Waals surface area contributed by atoms with Crippen LogP contribution in [0.5, 0.6) is 0 Å². The molecule has 2 heterocycles. The molecule has 0 saturated carbocycles. The zero-order valence-electron chi connectivity index (χ0n) is 6.90. The molecule has 1 aliphatic rings. The SMILES string of the molecule is C=Cc1cnc(N2CCC2)nc1. The summed E-state index contributed by atoms with van der Waals surface area (Å²) in [7, 11) is 0. The van der Waals surface area contributed by atoms with E-state index >= 15 is 0 Å². The number of hydrogen-bond donors (Lipinski definition) is 0. The van der Waals surface area contributed by atoms with Crippen molar-refractivity contribution in [3.05, 3.63) is 24.5 Å². The maximum absolute atomic E-state index is 4.22. The molecule has 62 valence electrons. The van der Waals surface area contributed by atoms with E-state index in [9.17, 15) is 0 Å². The Kier molecular flexibility index (Phi) is 1.78. The summed E-state index contributed by atoms with van der Waals surface area (Å²) in [5.74, 6) is 0.840. The van der Waals surface area contributed by atoms with Gasteiger partial charge in [-0.05, 0) is 6.42 Å². The van der Waals surface area contributed by atoms with E-state index in [-0.39, 0.29) is 0 Å². The number of aromatic nitrogens is 2. The van der Waals surface area contributed by atoms with E-state index in [0.717, 1.165) is 24.6 Å². The average molecular weight is 161 g/mol. The first-order valence-electron chi connectivity index (χ1n) is 4.09. The van der Waals surface area contributed by atoms with Gasteiger partial charge in [0, 0.05) is 31.0 Å². The van der Waals surface area contributed by atoms with Crippen LogP contribution in [0.2, 0.25) is 0 Å². The Morgan fingerprint density at radius 1 is 1.33 bits per heavy atom. The smallest absolute Gasteiger partial charge is 0.225 e. The van der Waals surface area contributed by atoms with Crippen LogP contribution in [-0.2, 0) is 0 Å². The Hall–Kier alpha value is -1.38. The molecule has 1 aromatic heterocycles. The van der Waals surface area contributed by atoms with Crippen LogP contribution in [0.25, 0.3) is 6.08 Å². The van der Waals surface area contributed by atoms with Gasteiger partial charge >= 0.3 is 0 Å². The Morgan fingerprint density at radius 2 is 2.00 bits per heavy atom. The Morgan fingerprint density at radius 3 is 2.42 bits per heavy atom. The fourth-order valence-electron chi connectivity index (χ4n) is 1.12. The van der Waals surface area contributed by atoms with Crippen LogP contribution in [0, 0.1) is 0 Å². The van der Waals surface area contributed by atoms with E-state index < -0.39 is 0 Å². The fourth-order valence-corrected chi connectivity index (χ4v) is 1.12. The van der Waals surface area contributed by atoms with Crippen molar-refractivity contribution in [2.24, 2.45) is 0 Å². The molecule has 0 radical (unpaired) electrons. The predicted octanol–water partition coefficient (Wildman–Crippen LogP) is 1.33. The first-order valence-corrected chi connectivity index (χ1v) is 4.09. The first kappa shape index (κ1) is 7.28. The molecule has 0 atom stereocenters. The van der Waals surface area contributed by atoms with Crippen molar-refractivity contribution in [1.82, 2.24) is 9.97 Å². The van der Waals surface area contributed by atoms with Crippen molar-refractivity contribution in [3.63, 3.8) is 0 Å². The quantitative estimate of drug-likeness (QED) is 0.655. The summed E-state index contributed by atoms with van der Waals surface area (Å²) in [5, 5.41) is 0. The van der Waals surface area contributed by atoms with Crippen molar-refractivity contribution in [3.8, 4) is 0 Å². The van der Waals surface area contributed by atoms with Gasteiger partial charge in [-0.25, -0.2) is 9.97 Å². The lowest BCUT2D eigenvalue weighted by Gasteiger charge is -2.30. The monoisotopic (exact) mass is 161 g/mol. The summed E-state index contributed by atoms with van der Waals surface area (Å²) in [6.07, 6.45) is 6.60. The Labute approximate surface area is 71.8 Å². The third kappa shape index (κ3) is 1.18. The van der Waals surface area contributed by atoms with Crippen LogP contribution in [-0.4, -0.2) is 23.1 Å². The number of nitrogens with zero attached hydrogens (tertiary/aromatic N) is 3.